The van der Waals surface area contributed by atoms with Gasteiger partial charge in [-0.25, -0.2) is 12.8 Å². The summed E-state index contributed by atoms with van der Waals surface area (Å²) in [6.07, 6.45) is 1.14. The molecular formula is C21H21FN4O3S3. The number of thioether (sulfide) groups is 1. The number of sulfonamides is 1. The number of anilines is 1. The Morgan fingerprint density at radius 1 is 1.16 bits per heavy atom. The Labute approximate surface area is 194 Å². The van der Waals surface area contributed by atoms with Gasteiger partial charge < -0.3 is 5.32 Å². The lowest BCUT2D eigenvalue weighted by atomic mass is 9.99. The number of hydrogen-bond donors (Lipinski definition) is 1. The summed E-state index contributed by atoms with van der Waals surface area (Å²) >= 11 is 2.83. The normalized spacial score (nSPS) is 17.2. The zero-order chi connectivity index (χ0) is 22.6. The van der Waals surface area contributed by atoms with Crippen LogP contribution in [0.2, 0.25) is 0 Å². The molecule has 2 aromatic carbocycles. The minimum atomic E-state index is -3.79. The van der Waals surface area contributed by atoms with Crippen LogP contribution >= 0.6 is 23.1 Å². The molecule has 1 unspecified atom stereocenters. The van der Waals surface area contributed by atoms with Gasteiger partial charge in [-0.1, -0.05) is 53.4 Å². The summed E-state index contributed by atoms with van der Waals surface area (Å²) in [6, 6.07) is 14.7. The van der Waals surface area contributed by atoms with E-state index in [-0.39, 0.29) is 17.3 Å². The van der Waals surface area contributed by atoms with Crippen LogP contribution in [0.4, 0.5) is 9.52 Å². The lowest BCUT2D eigenvalue weighted by molar-refractivity contribution is -0.120. The monoisotopic (exact) mass is 492 g/mol. The predicted octanol–water partition coefficient (Wildman–Crippen LogP) is 4.01. The van der Waals surface area contributed by atoms with Gasteiger partial charge in [0, 0.05) is 18.8 Å². The summed E-state index contributed by atoms with van der Waals surface area (Å²) in [5, 5.41) is 11.3. The van der Waals surface area contributed by atoms with E-state index in [4.69, 9.17) is 0 Å². The van der Waals surface area contributed by atoms with Crippen molar-refractivity contribution in [2.45, 2.75) is 27.8 Å². The number of benzene rings is 2. The molecular weight excluding hydrogens is 471 g/mol. The van der Waals surface area contributed by atoms with E-state index in [0.717, 1.165) is 22.2 Å². The van der Waals surface area contributed by atoms with E-state index in [1.807, 2.05) is 30.3 Å². The van der Waals surface area contributed by atoms with Crippen LogP contribution in [0, 0.1) is 11.7 Å². The van der Waals surface area contributed by atoms with Crippen LogP contribution < -0.4 is 5.32 Å². The molecule has 1 aliphatic rings. The van der Waals surface area contributed by atoms with E-state index in [2.05, 4.69) is 15.5 Å². The Bertz CT molecular complexity index is 1170. The lowest BCUT2D eigenvalue weighted by Crippen LogP contribution is -2.43. The van der Waals surface area contributed by atoms with Crippen LogP contribution in [0.3, 0.4) is 0 Å². The third kappa shape index (κ3) is 5.52. The average molecular weight is 493 g/mol. The average Bonchev–Trinajstić information content (AvgIpc) is 3.26. The van der Waals surface area contributed by atoms with Gasteiger partial charge in [-0.3, -0.25) is 4.79 Å². The molecule has 0 spiro atoms. The first kappa shape index (κ1) is 22.8. The molecule has 0 radical (unpaired) electrons. The zero-order valence-electron chi connectivity index (χ0n) is 17.0. The Morgan fingerprint density at radius 3 is 2.66 bits per heavy atom. The molecule has 7 nitrogen and oxygen atoms in total. The highest BCUT2D eigenvalue weighted by molar-refractivity contribution is 8.00. The second-order valence-electron chi connectivity index (χ2n) is 7.29. The van der Waals surface area contributed by atoms with Gasteiger partial charge in [0.05, 0.1) is 10.8 Å². The molecule has 168 valence electrons. The van der Waals surface area contributed by atoms with Crippen molar-refractivity contribution >= 4 is 44.2 Å². The van der Waals surface area contributed by atoms with Gasteiger partial charge in [-0.2, -0.15) is 4.31 Å². The van der Waals surface area contributed by atoms with Crippen molar-refractivity contribution in [1.29, 1.82) is 0 Å². The Morgan fingerprint density at radius 2 is 1.91 bits per heavy atom. The maximum Gasteiger partial charge on any atom is 0.243 e. The zero-order valence-corrected chi connectivity index (χ0v) is 19.4. The number of hydrogen-bond acceptors (Lipinski definition) is 7. The summed E-state index contributed by atoms with van der Waals surface area (Å²) in [5.74, 6) is -0.524. The van der Waals surface area contributed by atoms with Crippen LogP contribution in [0.15, 0.2) is 63.8 Å². The van der Waals surface area contributed by atoms with Crippen LogP contribution in [0.1, 0.15) is 18.4 Å². The number of nitrogens with one attached hydrogen (secondary N) is 1. The quantitative estimate of drug-likeness (QED) is 0.396. The second-order valence-corrected chi connectivity index (χ2v) is 11.4. The molecule has 32 heavy (non-hydrogen) atoms. The SMILES string of the molecule is O=C(Nc1nnc(SCc2ccccc2)s1)C1CCCN(S(=O)(=O)c2ccc(F)cc2)C1. The first-order valence-corrected chi connectivity index (χ1v) is 13.2. The van der Waals surface area contributed by atoms with E-state index < -0.39 is 21.8 Å². The van der Waals surface area contributed by atoms with E-state index in [9.17, 15) is 17.6 Å². The predicted molar refractivity (Wildman–Crippen MR) is 122 cm³/mol. The molecule has 0 aliphatic carbocycles. The summed E-state index contributed by atoms with van der Waals surface area (Å²) in [5.41, 5.74) is 1.17. The number of aromatic nitrogens is 2. The molecule has 1 atom stereocenters. The Hall–Kier alpha value is -2.34. The summed E-state index contributed by atoms with van der Waals surface area (Å²) in [7, 11) is -3.79. The minimum Gasteiger partial charge on any atom is -0.300 e. The van der Waals surface area contributed by atoms with E-state index >= 15 is 0 Å². The maximum absolute atomic E-state index is 13.2. The number of nitrogens with zero attached hydrogens (tertiary/aromatic N) is 3. The summed E-state index contributed by atoms with van der Waals surface area (Å²) in [6.45, 7) is 0.391. The van der Waals surface area contributed by atoms with Crippen molar-refractivity contribution in [3.8, 4) is 0 Å². The van der Waals surface area contributed by atoms with E-state index in [1.54, 1.807) is 0 Å². The first-order valence-electron chi connectivity index (χ1n) is 9.98. The molecule has 0 saturated carbocycles. The van der Waals surface area contributed by atoms with Crippen molar-refractivity contribution in [2.75, 3.05) is 18.4 Å². The largest absolute Gasteiger partial charge is 0.300 e. The molecule has 1 aromatic heterocycles. The van der Waals surface area contributed by atoms with Crippen molar-refractivity contribution in [1.82, 2.24) is 14.5 Å². The van der Waals surface area contributed by atoms with Crippen molar-refractivity contribution in [3.63, 3.8) is 0 Å². The number of rotatable bonds is 7. The fraction of sp³-hybridized carbons (Fsp3) is 0.286. The molecule has 1 fully saturated rings. The van der Waals surface area contributed by atoms with Gasteiger partial charge in [0.25, 0.3) is 0 Å². The molecule has 1 amide bonds. The highest BCUT2D eigenvalue weighted by Crippen LogP contribution is 2.29. The first-order chi connectivity index (χ1) is 15.4. The van der Waals surface area contributed by atoms with Gasteiger partial charge in [-0.15, -0.1) is 10.2 Å². The third-order valence-corrected chi connectivity index (χ3v) is 8.97. The fourth-order valence-electron chi connectivity index (χ4n) is 3.38. The molecule has 1 N–H and O–H groups in total. The topological polar surface area (TPSA) is 92.3 Å². The van der Waals surface area contributed by atoms with Crippen LogP contribution in [0.25, 0.3) is 0 Å². The second kappa shape index (κ2) is 10.1. The number of carbonyl (C=O) groups is 1. The third-order valence-electron chi connectivity index (χ3n) is 5.05. The van der Waals surface area contributed by atoms with Gasteiger partial charge >= 0.3 is 0 Å². The molecule has 11 heteroatoms. The van der Waals surface area contributed by atoms with Crippen LogP contribution in [-0.2, 0) is 20.6 Å². The number of piperidine rings is 1. The van der Waals surface area contributed by atoms with Gasteiger partial charge in [0.15, 0.2) is 4.34 Å². The molecule has 2 heterocycles. The molecule has 3 aromatic rings. The number of carbonyl (C=O) groups excluding carboxylic acids is 1. The highest BCUT2D eigenvalue weighted by Gasteiger charge is 2.33. The van der Waals surface area contributed by atoms with Crippen molar-refractivity contribution in [3.05, 3.63) is 66.0 Å². The maximum atomic E-state index is 13.2. The smallest absolute Gasteiger partial charge is 0.243 e. The molecule has 4 rings (SSSR count). The lowest BCUT2D eigenvalue weighted by Gasteiger charge is -2.31. The Balaban J connectivity index is 1.35. The highest BCUT2D eigenvalue weighted by atomic mass is 32.2. The molecule has 0 bridgehead atoms. The van der Waals surface area contributed by atoms with Gasteiger partial charge in [-0.05, 0) is 42.7 Å². The van der Waals surface area contributed by atoms with Crippen molar-refractivity contribution < 1.29 is 17.6 Å². The van der Waals surface area contributed by atoms with Crippen molar-refractivity contribution in [2.24, 2.45) is 5.92 Å². The Kier molecular flexibility index (Phi) is 7.19. The fourth-order valence-corrected chi connectivity index (χ4v) is 6.61. The van der Waals surface area contributed by atoms with Gasteiger partial charge in [0.1, 0.15) is 5.82 Å². The molecule has 1 saturated heterocycles. The standard InChI is InChI=1S/C21H21FN4O3S3/c22-17-8-10-18(11-9-17)32(28,29)26-12-4-7-16(13-26)19(27)23-20-24-25-21(31-20)30-14-15-5-2-1-3-6-15/h1-3,5-6,8-11,16H,4,7,12-14H2,(H,23,24,27). The number of halogens is 1. The van der Waals surface area contributed by atoms with Crippen LogP contribution in [0.5, 0.6) is 0 Å². The minimum absolute atomic E-state index is 0.0177. The van der Waals surface area contributed by atoms with E-state index in [0.29, 0.717) is 24.5 Å². The number of amides is 1. The van der Waals surface area contributed by atoms with Crippen LogP contribution in [-0.4, -0.2) is 41.9 Å². The van der Waals surface area contributed by atoms with E-state index in [1.165, 1.54) is 45.1 Å². The summed E-state index contributed by atoms with van der Waals surface area (Å²) < 4.78 is 40.9. The summed E-state index contributed by atoms with van der Waals surface area (Å²) in [4.78, 5) is 12.8. The molecule has 1 aliphatic heterocycles. The van der Waals surface area contributed by atoms with Gasteiger partial charge in [0.2, 0.25) is 21.1 Å².